The summed E-state index contributed by atoms with van der Waals surface area (Å²) in [4.78, 5) is 22.7. The number of hydrogen-bond acceptors (Lipinski definition) is 5. The van der Waals surface area contributed by atoms with Gasteiger partial charge in [0.25, 0.3) is 0 Å². The molecule has 2 N–H and O–H groups in total. The lowest BCUT2D eigenvalue weighted by atomic mass is 10.1. The fourth-order valence-electron chi connectivity index (χ4n) is 1.46. The van der Waals surface area contributed by atoms with Crippen LogP contribution >= 0.6 is 0 Å². The predicted molar refractivity (Wildman–Crippen MR) is 65.3 cm³/mol. The van der Waals surface area contributed by atoms with E-state index in [0.29, 0.717) is 0 Å². The summed E-state index contributed by atoms with van der Waals surface area (Å²) in [5.74, 6) is -0.791. The minimum Gasteiger partial charge on any atom is -0.477 e. The van der Waals surface area contributed by atoms with Gasteiger partial charge in [-0.05, 0) is 24.6 Å². The number of carboxylic acid groups (broad SMARTS) is 1. The molecule has 18 heavy (non-hydrogen) atoms. The third-order valence-corrected chi connectivity index (χ3v) is 2.40. The van der Waals surface area contributed by atoms with Crippen LogP contribution in [-0.2, 0) is 0 Å². The molecule has 0 radical (unpaired) electrons. The number of anilines is 1. The Morgan fingerprint density at radius 2 is 2.22 bits per heavy atom. The van der Waals surface area contributed by atoms with Crippen LogP contribution in [0.3, 0.4) is 0 Å². The SMILES string of the molecule is CC(Nc1nccc(C(=O)O)n1)c1cccnc1. The molecular weight excluding hydrogens is 232 g/mol. The van der Waals surface area contributed by atoms with Crippen molar-refractivity contribution in [2.45, 2.75) is 13.0 Å². The van der Waals surface area contributed by atoms with Crippen LogP contribution in [-0.4, -0.2) is 26.0 Å². The third-order valence-electron chi connectivity index (χ3n) is 2.40. The molecule has 0 spiro atoms. The van der Waals surface area contributed by atoms with Crippen LogP contribution in [0.1, 0.15) is 29.0 Å². The number of carbonyl (C=O) groups is 1. The first-order valence-corrected chi connectivity index (χ1v) is 5.39. The van der Waals surface area contributed by atoms with Gasteiger partial charge in [0, 0.05) is 18.6 Å². The normalized spacial score (nSPS) is 11.8. The molecule has 0 aromatic carbocycles. The molecule has 2 aromatic heterocycles. The van der Waals surface area contributed by atoms with Crippen LogP contribution < -0.4 is 5.32 Å². The van der Waals surface area contributed by atoms with Crippen molar-refractivity contribution in [1.29, 1.82) is 0 Å². The van der Waals surface area contributed by atoms with Gasteiger partial charge >= 0.3 is 5.97 Å². The smallest absolute Gasteiger partial charge is 0.354 e. The second-order valence-corrected chi connectivity index (χ2v) is 3.72. The Bertz CT molecular complexity index is 545. The van der Waals surface area contributed by atoms with E-state index in [4.69, 9.17) is 5.11 Å². The lowest BCUT2D eigenvalue weighted by Gasteiger charge is -2.13. The number of carboxylic acids is 1. The van der Waals surface area contributed by atoms with Crippen LogP contribution in [0.2, 0.25) is 0 Å². The van der Waals surface area contributed by atoms with Crippen LogP contribution in [0.25, 0.3) is 0 Å². The van der Waals surface area contributed by atoms with Gasteiger partial charge in [0.1, 0.15) is 0 Å². The number of aromatic carboxylic acids is 1. The van der Waals surface area contributed by atoms with Crippen LogP contribution in [0.5, 0.6) is 0 Å². The first-order valence-electron chi connectivity index (χ1n) is 5.39. The molecule has 2 aromatic rings. The summed E-state index contributed by atoms with van der Waals surface area (Å²) < 4.78 is 0. The van der Waals surface area contributed by atoms with Crippen LogP contribution in [0, 0.1) is 0 Å². The maximum absolute atomic E-state index is 10.8. The summed E-state index contributed by atoms with van der Waals surface area (Å²) in [5.41, 5.74) is 0.938. The summed E-state index contributed by atoms with van der Waals surface area (Å²) in [7, 11) is 0. The highest BCUT2D eigenvalue weighted by Gasteiger charge is 2.09. The average molecular weight is 244 g/mol. The van der Waals surface area contributed by atoms with Gasteiger partial charge < -0.3 is 10.4 Å². The molecule has 0 aliphatic heterocycles. The largest absolute Gasteiger partial charge is 0.477 e. The van der Waals surface area contributed by atoms with Crippen LogP contribution in [0.4, 0.5) is 5.95 Å². The van der Waals surface area contributed by atoms with Crippen molar-refractivity contribution in [3.8, 4) is 0 Å². The molecule has 2 rings (SSSR count). The number of nitrogens with zero attached hydrogens (tertiary/aromatic N) is 3. The van der Waals surface area contributed by atoms with E-state index >= 15 is 0 Å². The maximum atomic E-state index is 10.8. The van der Waals surface area contributed by atoms with E-state index in [1.807, 2.05) is 19.1 Å². The van der Waals surface area contributed by atoms with Crippen molar-refractivity contribution in [3.05, 3.63) is 48.0 Å². The second kappa shape index (κ2) is 5.22. The molecule has 0 amide bonds. The van der Waals surface area contributed by atoms with Gasteiger partial charge in [-0.2, -0.15) is 0 Å². The van der Waals surface area contributed by atoms with Crippen molar-refractivity contribution in [2.75, 3.05) is 5.32 Å². The predicted octanol–water partition coefficient (Wildman–Crippen LogP) is 1.74. The molecule has 1 unspecified atom stereocenters. The Balaban J connectivity index is 2.14. The van der Waals surface area contributed by atoms with Gasteiger partial charge in [0.05, 0.1) is 6.04 Å². The number of rotatable bonds is 4. The third kappa shape index (κ3) is 2.79. The quantitative estimate of drug-likeness (QED) is 0.851. The summed E-state index contributed by atoms with van der Waals surface area (Å²) in [6.45, 7) is 1.92. The first-order chi connectivity index (χ1) is 8.66. The molecule has 0 saturated heterocycles. The van der Waals surface area contributed by atoms with Gasteiger partial charge in [0.2, 0.25) is 5.95 Å². The van der Waals surface area contributed by atoms with E-state index in [0.717, 1.165) is 5.56 Å². The van der Waals surface area contributed by atoms with Gasteiger partial charge in [-0.25, -0.2) is 14.8 Å². The van der Waals surface area contributed by atoms with Gasteiger partial charge in [-0.15, -0.1) is 0 Å². The Morgan fingerprint density at radius 3 is 2.89 bits per heavy atom. The Hall–Kier alpha value is -2.50. The van der Waals surface area contributed by atoms with Gasteiger partial charge in [0.15, 0.2) is 5.69 Å². The van der Waals surface area contributed by atoms with Crippen LogP contribution in [0.15, 0.2) is 36.8 Å². The highest BCUT2D eigenvalue weighted by molar-refractivity contribution is 5.85. The van der Waals surface area contributed by atoms with E-state index in [1.54, 1.807) is 12.4 Å². The zero-order valence-corrected chi connectivity index (χ0v) is 9.74. The molecule has 0 saturated carbocycles. The molecule has 0 bridgehead atoms. The first kappa shape index (κ1) is 12.0. The Morgan fingerprint density at radius 1 is 1.39 bits per heavy atom. The summed E-state index contributed by atoms with van der Waals surface area (Å²) in [6.07, 6.45) is 4.84. The lowest BCUT2D eigenvalue weighted by molar-refractivity contribution is 0.0690. The zero-order valence-electron chi connectivity index (χ0n) is 9.74. The molecule has 0 fully saturated rings. The van der Waals surface area contributed by atoms with E-state index in [2.05, 4.69) is 20.3 Å². The van der Waals surface area contributed by atoms with Crippen molar-refractivity contribution in [2.24, 2.45) is 0 Å². The monoisotopic (exact) mass is 244 g/mol. The van der Waals surface area contributed by atoms with Crippen molar-refractivity contribution < 1.29 is 9.90 Å². The average Bonchev–Trinajstić information content (AvgIpc) is 2.40. The van der Waals surface area contributed by atoms with Crippen molar-refractivity contribution in [3.63, 3.8) is 0 Å². The second-order valence-electron chi connectivity index (χ2n) is 3.72. The van der Waals surface area contributed by atoms with E-state index in [9.17, 15) is 4.79 Å². The summed E-state index contributed by atoms with van der Waals surface area (Å²) >= 11 is 0. The van der Waals surface area contributed by atoms with E-state index in [1.165, 1.54) is 12.3 Å². The molecule has 0 aliphatic carbocycles. The van der Waals surface area contributed by atoms with Gasteiger partial charge in [-0.3, -0.25) is 4.98 Å². The highest BCUT2D eigenvalue weighted by atomic mass is 16.4. The molecular formula is C12H12N4O2. The molecule has 2 heterocycles. The van der Waals surface area contributed by atoms with E-state index in [-0.39, 0.29) is 17.7 Å². The number of nitrogens with one attached hydrogen (secondary N) is 1. The standard InChI is InChI=1S/C12H12N4O2/c1-8(9-3-2-5-13-7-9)15-12-14-6-4-10(16-12)11(17)18/h2-8H,1H3,(H,17,18)(H,14,15,16). The Kier molecular flexibility index (Phi) is 3.47. The fraction of sp³-hybridized carbons (Fsp3) is 0.167. The molecule has 0 aliphatic rings. The molecule has 1 atom stereocenters. The number of pyridine rings is 1. The molecule has 6 heteroatoms. The molecule has 92 valence electrons. The zero-order chi connectivity index (χ0) is 13.0. The topological polar surface area (TPSA) is 88.0 Å². The van der Waals surface area contributed by atoms with Crippen molar-refractivity contribution in [1.82, 2.24) is 15.0 Å². The minimum absolute atomic E-state index is 0.0362. The summed E-state index contributed by atoms with van der Waals surface area (Å²) in [5, 5.41) is 11.9. The number of aromatic nitrogens is 3. The Labute approximate surface area is 104 Å². The maximum Gasteiger partial charge on any atom is 0.354 e. The van der Waals surface area contributed by atoms with Crippen molar-refractivity contribution >= 4 is 11.9 Å². The number of hydrogen-bond donors (Lipinski definition) is 2. The lowest BCUT2D eigenvalue weighted by Crippen LogP contribution is -2.11. The minimum atomic E-state index is -1.07. The highest BCUT2D eigenvalue weighted by Crippen LogP contribution is 2.15. The molecule has 6 nitrogen and oxygen atoms in total. The fourth-order valence-corrected chi connectivity index (χ4v) is 1.46. The van der Waals surface area contributed by atoms with E-state index < -0.39 is 5.97 Å². The summed E-state index contributed by atoms with van der Waals surface area (Å²) in [6, 6.07) is 5.05. The van der Waals surface area contributed by atoms with Gasteiger partial charge in [-0.1, -0.05) is 6.07 Å².